The molecule has 0 aliphatic rings. The highest BCUT2D eigenvalue weighted by molar-refractivity contribution is 4.77. The van der Waals surface area contributed by atoms with Crippen LogP contribution >= 0.6 is 0 Å². The van der Waals surface area contributed by atoms with Gasteiger partial charge in [-0.1, -0.05) is 45.6 Å². The Kier molecular flexibility index (Phi) is 8.11. The molecule has 0 heterocycles. The quantitative estimate of drug-likeness (QED) is 0.573. The Labute approximate surface area is 83.4 Å². The first-order chi connectivity index (χ1) is 6.24. The van der Waals surface area contributed by atoms with Crippen molar-refractivity contribution in [3.05, 3.63) is 12.7 Å². The van der Waals surface area contributed by atoms with Crippen LogP contribution in [0.15, 0.2) is 12.7 Å². The maximum absolute atomic E-state index is 5.96. The predicted molar refractivity (Wildman–Crippen MR) is 60.7 cm³/mol. The van der Waals surface area contributed by atoms with Crippen LogP contribution in [-0.2, 0) is 0 Å². The summed E-state index contributed by atoms with van der Waals surface area (Å²) in [7, 11) is 0. The fraction of sp³-hybridized carbons (Fsp3) is 0.833. The van der Waals surface area contributed by atoms with Crippen LogP contribution in [0.3, 0.4) is 0 Å². The Hall–Kier alpha value is -0.300. The van der Waals surface area contributed by atoms with Gasteiger partial charge in [-0.15, -0.1) is 6.58 Å². The van der Waals surface area contributed by atoms with E-state index in [1.807, 2.05) is 6.08 Å². The lowest BCUT2D eigenvalue weighted by molar-refractivity contribution is 0.385. The Bertz CT molecular complexity index is 120. The molecule has 0 aromatic rings. The van der Waals surface area contributed by atoms with Crippen LogP contribution in [0.25, 0.3) is 0 Å². The van der Waals surface area contributed by atoms with Gasteiger partial charge in [0, 0.05) is 6.04 Å². The highest BCUT2D eigenvalue weighted by Gasteiger charge is 2.09. The minimum atomic E-state index is 0.333. The maximum atomic E-state index is 5.96. The third kappa shape index (κ3) is 6.83. The monoisotopic (exact) mass is 183 g/mol. The highest BCUT2D eigenvalue weighted by atomic mass is 14.6. The summed E-state index contributed by atoms with van der Waals surface area (Å²) in [6.45, 7) is 8.23. The van der Waals surface area contributed by atoms with Gasteiger partial charge in [0.25, 0.3) is 0 Å². The summed E-state index contributed by atoms with van der Waals surface area (Å²) in [6, 6.07) is 0.333. The molecule has 2 atom stereocenters. The van der Waals surface area contributed by atoms with Gasteiger partial charge in [-0.25, -0.2) is 0 Å². The molecule has 2 N–H and O–H groups in total. The lowest BCUT2D eigenvalue weighted by Gasteiger charge is -2.18. The van der Waals surface area contributed by atoms with Gasteiger partial charge in [0.1, 0.15) is 0 Å². The first-order valence-corrected chi connectivity index (χ1v) is 5.61. The van der Waals surface area contributed by atoms with Crippen LogP contribution in [0.1, 0.15) is 52.4 Å². The fourth-order valence-electron chi connectivity index (χ4n) is 1.72. The zero-order valence-corrected chi connectivity index (χ0v) is 9.26. The molecule has 0 aliphatic carbocycles. The highest BCUT2D eigenvalue weighted by Crippen LogP contribution is 2.18. The molecule has 0 amide bonds. The molecular weight excluding hydrogens is 158 g/mol. The molecule has 0 rings (SSSR count). The Balaban J connectivity index is 3.61. The number of hydrogen-bond acceptors (Lipinski definition) is 1. The first-order valence-electron chi connectivity index (χ1n) is 5.61. The maximum Gasteiger partial charge on any atom is 0.00759 e. The molecule has 0 fully saturated rings. The van der Waals surface area contributed by atoms with Crippen molar-refractivity contribution in [2.75, 3.05) is 0 Å². The summed E-state index contributed by atoms with van der Waals surface area (Å²) in [6.07, 6.45) is 9.32. The van der Waals surface area contributed by atoms with E-state index in [4.69, 9.17) is 5.73 Å². The van der Waals surface area contributed by atoms with Gasteiger partial charge < -0.3 is 5.73 Å². The van der Waals surface area contributed by atoms with Crippen LogP contribution in [0.4, 0.5) is 0 Å². The fourth-order valence-corrected chi connectivity index (χ4v) is 1.72. The predicted octanol–water partition coefficient (Wildman–Crippen LogP) is 3.50. The second kappa shape index (κ2) is 8.31. The Morgan fingerprint density at radius 1 is 1.38 bits per heavy atom. The van der Waals surface area contributed by atoms with Crippen molar-refractivity contribution in [1.82, 2.24) is 0 Å². The smallest absolute Gasteiger partial charge is 0.00759 e. The molecule has 13 heavy (non-hydrogen) atoms. The lowest BCUT2D eigenvalue weighted by atomic mass is 9.91. The van der Waals surface area contributed by atoms with Crippen molar-refractivity contribution in [1.29, 1.82) is 0 Å². The van der Waals surface area contributed by atoms with Crippen molar-refractivity contribution in [3.8, 4) is 0 Å². The molecule has 0 aromatic carbocycles. The number of rotatable bonds is 8. The van der Waals surface area contributed by atoms with Gasteiger partial charge in [-0.2, -0.15) is 0 Å². The molecular formula is C12H25N. The summed E-state index contributed by atoms with van der Waals surface area (Å²) in [5, 5.41) is 0. The normalized spacial score (nSPS) is 15.3. The van der Waals surface area contributed by atoms with Crippen molar-refractivity contribution < 1.29 is 0 Å². The van der Waals surface area contributed by atoms with E-state index >= 15 is 0 Å². The van der Waals surface area contributed by atoms with E-state index in [1.54, 1.807) is 0 Å². The van der Waals surface area contributed by atoms with Gasteiger partial charge in [-0.3, -0.25) is 0 Å². The summed E-state index contributed by atoms with van der Waals surface area (Å²) in [5.74, 6) is 0.829. The van der Waals surface area contributed by atoms with Crippen molar-refractivity contribution in [2.45, 2.75) is 58.4 Å². The molecule has 0 bridgehead atoms. The Morgan fingerprint density at radius 3 is 2.54 bits per heavy atom. The van der Waals surface area contributed by atoms with Crippen LogP contribution in [-0.4, -0.2) is 6.04 Å². The SMILES string of the molecule is C=CCC(N)CC(CC)CCCC. The lowest BCUT2D eigenvalue weighted by Crippen LogP contribution is -2.22. The minimum absolute atomic E-state index is 0.333. The van der Waals surface area contributed by atoms with Crippen molar-refractivity contribution in [3.63, 3.8) is 0 Å². The average molecular weight is 183 g/mol. The molecule has 1 nitrogen and oxygen atoms in total. The van der Waals surface area contributed by atoms with Gasteiger partial charge in [-0.05, 0) is 18.8 Å². The zero-order valence-electron chi connectivity index (χ0n) is 9.26. The standard InChI is InChI=1S/C12H25N/c1-4-7-9-11(6-3)10-12(13)8-5-2/h5,11-12H,2,4,6-10,13H2,1,3H3. The molecule has 2 unspecified atom stereocenters. The van der Waals surface area contributed by atoms with Crippen molar-refractivity contribution >= 4 is 0 Å². The van der Waals surface area contributed by atoms with E-state index in [-0.39, 0.29) is 0 Å². The van der Waals surface area contributed by atoms with Crippen LogP contribution in [0.2, 0.25) is 0 Å². The second-order valence-electron chi connectivity index (χ2n) is 3.94. The molecule has 0 aromatic heterocycles. The summed E-state index contributed by atoms with van der Waals surface area (Å²) < 4.78 is 0. The molecule has 0 aliphatic heterocycles. The van der Waals surface area contributed by atoms with E-state index in [0.29, 0.717) is 6.04 Å². The zero-order chi connectivity index (χ0) is 10.1. The second-order valence-corrected chi connectivity index (χ2v) is 3.94. The van der Waals surface area contributed by atoms with E-state index in [1.165, 1.54) is 32.1 Å². The van der Waals surface area contributed by atoms with E-state index in [2.05, 4.69) is 20.4 Å². The molecule has 78 valence electrons. The Morgan fingerprint density at radius 2 is 2.08 bits per heavy atom. The van der Waals surface area contributed by atoms with E-state index in [9.17, 15) is 0 Å². The number of nitrogens with two attached hydrogens (primary N) is 1. The topological polar surface area (TPSA) is 26.0 Å². The van der Waals surface area contributed by atoms with Crippen LogP contribution in [0, 0.1) is 5.92 Å². The van der Waals surface area contributed by atoms with Gasteiger partial charge >= 0.3 is 0 Å². The van der Waals surface area contributed by atoms with Gasteiger partial charge in [0.15, 0.2) is 0 Å². The first kappa shape index (κ1) is 12.7. The molecule has 0 saturated heterocycles. The third-order valence-electron chi connectivity index (χ3n) is 2.65. The summed E-state index contributed by atoms with van der Waals surface area (Å²) in [4.78, 5) is 0. The van der Waals surface area contributed by atoms with Crippen LogP contribution in [0.5, 0.6) is 0 Å². The third-order valence-corrected chi connectivity index (χ3v) is 2.65. The largest absolute Gasteiger partial charge is 0.327 e. The van der Waals surface area contributed by atoms with Gasteiger partial charge in [0.2, 0.25) is 0 Å². The summed E-state index contributed by atoms with van der Waals surface area (Å²) in [5.41, 5.74) is 5.96. The van der Waals surface area contributed by atoms with Crippen molar-refractivity contribution in [2.24, 2.45) is 11.7 Å². The van der Waals surface area contributed by atoms with Crippen LogP contribution < -0.4 is 5.73 Å². The average Bonchev–Trinajstić information content (AvgIpc) is 2.12. The molecule has 1 heteroatoms. The molecule has 0 saturated carbocycles. The number of unbranched alkanes of at least 4 members (excludes halogenated alkanes) is 1. The molecule has 0 spiro atoms. The van der Waals surface area contributed by atoms with E-state index < -0.39 is 0 Å². The van der Waals surface area contributed by atoms with E-state index in [0.717, 1.165) is 12.3 Å². The number of hydrogen-bond donors (Lipinski definition) is 1. The summed E-state index contributed by atoms with van der Waals surface area (Å²) >= 11 is 0. The van der Waals surface area contributed by atoms with Gasteiger partial charge in [0.05, 0.1) is 0 Å². The minimum Gasteiger partial charge on any atom is -0.327 e. The molecule has 0 radical (unpaired) electrons.